The van der Waals surface area contributed by atoms with Gasteiger partial charge in [-0.15, -0.1) is 0 Å². The Morgan fingerprint density at radius 3 is 1.11 bits per heavy atom. The maximum absolute atomic E-state index is 13.0. The fraction of sp³-hybridized carbons (Fsp3) is 0.662. The lowest BCUT2D eigenvalue weighted by molar-refractivity contribution is -0.870. The molecule has 474 valence electrons. The van der Waals surface area contributed by atoms with E-state index in [1.807, 2.05) is 27.2 Å². The zero-order chi connectivity index (χ0) is 60.5. The van der Waals surface area contributed by atoms with E-state index in [1.165, 1.54) is 135 Å². The van der Waals surface area contributed by atoms with Gasteiger partial charge in [-0.2, -0.15) is 0 Å². The highest BCUT2D eigenvalue weighted by atomic mass is 31.2. The number of hydrogen-bond donors (Lipinski definition) is 3. The Balaban J connectivity index is 4.17. The summed E-state index contributed by atoms with van der Waals surface area (Å²) in [6.45, 7) is 4.67. The molecule has 0 rings (SSSR count). The first-order valence-electron chi connectivity index (χ1n) is 33.7. The fourth-order valence-electron chi connectivity index (χ4n) is 9.07. The number of allylic oxidation sites excluding steroid dienone is 23. The number of carbonyl (C=O) groups excluding carboxylic acids is 1. The Morgan fingerprint density at radius 2 is 0.735 bits per heavy atom. The highest BCUT2D eigenvalue weighted by Gasteiger charge is 2.27. The van der Waals surface area contributed by atoms with Crippen molar-refractivity contribution in [1.82, 2.24) is 5.32 Å². The van der Waals surface area contributed by atoms with Gasteiger partial charge in [0.15, 0.2) is 0 Å². The van der Waals surface area contributed by atoms with Crippen LogP contribution in [0.25, 0.3) is 0 Å². The van der Waals surface area contributed by atoms with Crippen molar-refractivity contribution in [2.75, 3.05) is 40.9 Å². The number of amides is 1. The largest absolute Gasteiger partial charge is 0.472 e. The molecule has 0 fully saturated rings. The molecule has 0 aliphatic heterocycles. The second kappa shape index (κ2) is 62.9. The number of phosphoric acid groups is 1. The van der Waals surface area contributed by atoms with Crippen molar-refractivity contribution in [2.45, 2.75) is 276 Å². The predicted octanol–water partition coefficient (Wildman–Crippen LogP) is 21.6. The number of hydrogen-bond acceptors (Lipinski definition) is 5. The van der Waals surface area contributed by atoms with Crippen LogP contribution < -0.4 is 5.32 Å². The van der Waals surface area contributed by atoms with E-state index in [0.29, 0.717) is 17.4 Å². The van der Waals surface area contributed by atoms with Crippen molar-refractivity contribution < 1.29 is 32.9 Å². The summed E-state index contributed by atoms with van der Waals surface area (Å²) >= 11 is 0. The van der Waals surface area contributed by atoms with Gasteiger partial charge in [0.1, 0.15) is 13.2 Å². The second-order valence-electron chi connectivity index (χ2n) is 23.4. The van der Waals surface area contributed by atoms with E-state index < -0.39 is 20.0 Å². The summed E-state index contributed by atoms with van der Waals surface area (Å²) in [6.07, 6.45) is 96.9. The first-order chi connectivity index (χ1) is 40.5. The number of unbranched alkanes of at least 4 members (excludes halogenated alkanes) is 25. The normalized spacial score (nSPS) is 14.6. The zero-order valence-electron chi connectivity index (χ0n) is 54.1. The lowest BCUT2D eigenvalue weighted by Gasteiger charge is -2.25. The number of carbonyl (C=O) groups is 1. The van der Waals surface area contributed by atoms with Crippen molar-refractivity contribution in [1.29, 1.82) is 0 Å². The maximum Gasteiger partial charge on any atom is 0.472 e. The average Bonchev–Trinajstić information content (AvgIpc) is 3.50. The molecule has 0 aliphatic carbocycles. The van der Waals surface area contributed by atoms with Crippen LogP contribution >= 0.6 is 7.82 Å². The Bertz CT molecular complexity index is 1860. The number of phosphoric ester groups is 1. The van der Waals surface area contributed by atoms with Crippen LogP contribution in [0.1, 0.15) is 264 Å². The summed E-state index contributed by atoms with van der Waals surface area (Å²) < 4.78 is 23.8. The van der Waals surface area contributed by atoms with Gasteiger partial charge in [-0.1, -0.05) is 288 Å². The van der Waals surface area contributed by atoms with E-state index in [4.69, 9.17) is 9.05 Å². The zero-order valence-corrected chi connectivity index (χ0v) is 55.0. The van der Waals surface area contributed by atoms with E-state index in [9.17, 15) is 19.4 Å². The maximum atomic E-state index is 13.0. The Kier molecular flexibility index (Phi) is 60.2. The van der Waals surface area contributed by atoms with Crippen molar-refractivity contribution in [3.05, 3.63) is 146 Å². The molecule has 1 amide bonds. The fourth-order valence-corrected chi connectivity index (χ4v) is 9.80. The summed E-state index contributed by atoms with van der Waals surface area (Å²) in [5.74, 6) is -0.199. The molecular formula is C74H128N2O6P+. The molecular weight excluding hydrogens is 1040 g/mol. The molecule has 0 aliphatic rings. The molecule has 3 N–H and O–H groups in total. The summed E-state index contributed by atoms with van der Waals surface area (Å²) in [5, 5.41) is 14.0. The average molecular weight is 1170 g/mol. The summed E-state index contributed by atoms with van der Waals surface area (Å²) in [7, 11) is 1.53. The molecule has 0 radical (unpaired) electrons. The molecule has 8 nitrogen and oxygen atoms in total. The van der Waals surface area contributed by atoms with E-state index in [2.05, 4.69) is 153 Å². The standard InChI is InChI=1S/C74H127N2O6P/c1-6-8-10-12-14-16-18-20-22-24-26-28-30-31-32-33-34-35-36-37-38-39-40-41-42-43-44-45-46-48-50-52-54-56-58-60-62-64-66-68-74(78)75-72(71-82-83(79,80)81-70-69-76(3,4)5)73(77)67-65-63-61-59-57-55-53-51-49-47-29-27-25-23-21-19-17-15-13-11-9-7-2/h8,10,14,16,20,22,26,28,31-32,34-35,37-38,40-41,43-44,49,51,57,59,65,67,72-73,77H,6-7,9,11-13,15,17-19,21,23-25,27,29-30,33,36,39,42,45-48,50,52-56,58,60-64,66,68-71H2,1-5H3,(H-,75,78,79,80)/p+1/b10-8-,16-14-,22-20-,28-26-,32-31-,35-34-,38-37-,41-40-,44-43-,51-49+,59-57+,67-65+. The van der Waals surface area contributed by atoms with Gasteiger partial charge in [0.2, 0.25) is 5.91 Å². The topological polar surface area (TPSA) is 105 Å². The number of likely N-dealkylation sites (N-methyl/N-ethyl adjacent to an activating group) is 1. The quantitative estimate of drug-likeness (QED) is 0.0243. The lowest BCUT2D eigenvalue weighted by atomic mass is 10.0. The summed E-state index contributed by atoms with van der Waals surface area (Å²) in [5.41, 5.74) is 0. The number of nitrogens with zero attached hydrogens (tertiary/aromatic N) is 1. The van der Waals surface area contributed by atoms with Gasteiger partial charge in [-0.3, -0.25) is 13.8 Å². The van der Waals surface area contributed by atoms with Crippen LogP contribution in [0.3, 0.4) is 0 Å². The van der Waals surface area contributed by atoms with Gasteiger partial charge < -0.3 is 19.8 Å². The minimum Gasteiger partial charge on any atom is -0.387 e. The molecule has 0 aromatic heterocycles. The number of quaternary nitrogens is 1. The molecule has 0 heterocycles. The van der Waals surface area contributed by atoms with Crippen LogP contribution in [0.5, 0.6) is 0 Å². The Labute approximate surface area is 512 Å². The lowest BCUT2D eigenvalue weighted by Crippen LogP contribution is -2.45. The molecule has 0 aromatic rings. The minimum atomic E-state index is -4.37. The van der Waals surface area contributed by atoms with Gasteiger partial charge >= 0.3 is 7.82 Å². The van der Waals surface area contributed by atoms with Gasteiger partial charge in [-0.25, -0.2) is 4.57 Å². The van der Waals surface area contributed by atoms with E-state index in [1.54, 1.807) is 6.08 Å². The SMILES string of the molecule is CC/C=C\C/C=C\C/C=C\C/C=C\C/C=C\C/C=C\C/C=C\C/C=C\C/C=C\CCCCCCCCCCCCCC(=O)NC(COP(=O)(O)OCC[N+](C)(C)C)C(O)/C=C/CC/C=C/CC/C=C/CCCCCCCCCCCCCC. The van der Waals surface area contributed by atoms with Crippen LogP contribution in [-0.2, 0) is 18.4 Å². The van der Waals surface area contributed by atoms with Gasteiger partial charge in [0, 0.05) is 6.42 Å². The van der Waals surface area contributed by atoms with Crippen LogP contribution in [0.2, 0.25) is 0 Å². The molecule has 9 heteroatoms. The van der Waals surface area contributed by atoms with Crippen LogP contribution in [-0.4, -0.2) is 73.4 Å². The molecule has 0 bridgehead atoms. The minimum absolute atomic E-state index is 0.0465. The smallest absolute Gasteiger partial charge is 0.387 e. The number of rotatable bonds is 60. The molecule has 0 aromatic carbocycles. The van der Waals surface area contributed by atoms with Crippen molar-refractivity contribution in [3.63, 3.8) is 0 Å². The Hall–Kier alpha value is -3.62. The van der Waals surface area contributed by atoms with Crippen LogP contribution in [0.4, 0.5) is 0 Å². The monoisotopic (exact) mass is 1170 g/mol. The summed E-state index contributed by atoms with van der Waals surface area (Å²) in [6, 6.07) is -0.882. The third-order valence-corrected chi connectivity index (χ3v) is 15.3. The third-order valence-electron chi connectivity index (χ3n) is 14.3. The van der Waals surface area contributed by atoms with E-state index >= 15 is 0 Å². The van der Waals surface area contributed by atoms with Gasteiger partial charge in [0.05, 0.1) is 39.9 Å². The van der Waals surface area contributed by atoms with Crippen molar-refractivity contribution in [2.24, 2.45) is 0 Å². The van der Waals surface area contributed by atoms with Crippen molar-refractivity contribution >= 4 is 13.7 Å². The first kappa shape index (κ1) is 79.4. The number of nitrogens with one attached hydrogen (secondary N) is 1. The highest BCUT2D eigenvalue weighted by Crippen LogP contribution is 2.43. The first-order valence-corrected chi connectivity index (χ1v) is 35.2. The van der Waals surface area contributed by atoms with Gasteiger partial charge in [-0.05, 0) is 116 Å². The molecule has 83 heavy (non-hydrogen) atoms. The predicted molar refractivity (Wildman–Crippen MR) is 364 cm³/mol. The van der Waals surface area contributed by atoms with Crippen LogP contribution in [0, 0.1) is 0 Å². The second-order valence-corrected chi connectivity index (χ2v) is 24.9. The molecule has 3 unspecified atom stereocenters. The van der Waals surface area contributed by atoms with Crippen LogP contribution in [0.15, 0.2) is 146 Å². The van der Waals surface area contributed by atoms with E-state index in [0.717, 1.165) is 109 Å². The van der Waals surface area contributed by atoms with Crippen molar-refractivity contribution in [3.8, 4) is 0 Å². The number of aliphatic hydroxyl groups is 1. The Morgan fingerprint density at radius 1 is 0.422 bits per heavy atom. The number of aliphatic hydroxyl groups excluding tert-OH is 1. The highest BCUT2D eigenvalue weighted by molar-refractivity contribution is 7.47. The molecule has 0 saturated heterocycles. The van der Waals surface area contributed by atoms with Gasteiger partial charge in [0.25, 0.3) is 0 Å². The third kappa shape index (κ3) is 65.8. The molecule has 3 atom stereocenters. The molecule has 0 spiro atoms. The molecule has 0 saturated carbocycles. The van der Waals surface area contributed by atoms with E-state index in [-0.39, 0.29) is 19.1 Å². The summed E-state index contributed by atoms with van der Waals surface area (Å²) in [4.78, 5) is 23.4.